The summed E-state index contributed by atoms with van der Waals surface area (Å²) in [5.74, 6) is 0. The molecule has 2 aromatic rings. The lowest BCUT2D eigenvalue weighted by Gasteiger charge is -2.10. The zero-order valence-corrected chi connectivity index (χ0v) is 10.9. The molecule has 0 bridgehead atoms. The average molecular weight is 261 g/mol. The molecule has 0 amide bonds. The number of rotatable bonds is 3. The number of hydrogen-bond donors (Lipinski definition) is 0. The van der Waals surface area contributed by atoms with Crippen LogP contribution >= 0.6 is 0 Å². The average Bonchev–Trinajstić information content (AvgIpc) is 2.53. The number of hydrogen-bond acceptors (Lipinski definition) is 4. The van der Waals surface area contributed by atoms with E-state index in [9.17, 15) is 0 Å². The lowest BCUT2D eigenvalue weighted by Crippen LogP contribution is -2.06. The van der Waals surface area contributed by atoms with Gasteiger partial charge < -0.3 is 0 Å². The first kappa shape index (κ1) is 13.3. The van der Waals surface area contributed by atoms with E-state index < -0.39 is 0 Å². The molecule has 0 spiro atoms. The van der Waals surface area contributed by atoms with Crippen molar-refractivity contribution in [1.29, 1.82) is 10.5 Å². The van der Waals surface area contributed by atoms with E-state index in [1.807, 2.05) is 6.07 Å². The van der Waals surface area contributed by atoms with Crippen LogP contribution in [0, 0.1) is 22.7 Å². The summed E-state index contributed by atoms with van der Waals surface area (Å²) in [6.45, 7) is 0. The van der Waals surface area contributed by atoms with Gasteiger partial charge in [0.2, 0.25) is 0 Å². The molecular weight excluding hydrogens is 250 g/mol. The van der Waals surface area contributed by atoms with Gasteiger partial charge in [-0.3, -0.25) is 0 Å². The van der Waals surface area contributed by atoms with Crippen molar-refractivity contribution in [3.8, 4) is 12.1 Å². The van der Waals surface area contributed by atoms with Crippen molar-refractivity contribution in [3.05, 3.63) is 59.7 Å². The Kier molecular flexibility index (Phi) is 4.06. The smallest absolute Gasteiger partial charge is 0.0991 e. The predicted octanol–water partition coefficient (Wildman–Crippen LogP) is 3.57. The first-order valence-corrected chi connectivity index (χ1v) is 5.88. The highest BCUT2D eigenvalue weighted by atomic mass is 15.5. The van der Waals surface area contributed by atoms with Crippen LogP contribution in [-0.2, 0) is 0 Å². The first-order valence-electron chi connectivity index (χ1n) is 5.88. The summed E-state index contributed by atoms with van der Waals surface area (Å²) in [6.07, 6.45) is 0. The van der Waals surface area contributed by atoms with E-state index in [0.717, 1.165) is 5.69 Å². The van der Waals surface area contributed by atoms with Crippen LogP contribution in [0.2, 0.25) is 0 Å². The van der Waals surface area contributed by atoms with Crippen molar-refractivity contribution in [1.82, 2.24) is 0 Å². The second-order valence-electron chi connectivity index (χ2n) is 4.03. The van der Waals surface area contributed by atoms with Crippen molar-refractivity contribution in [2.75, 3.05) is 12.1 Å². The number of benzene rings is 2. The molecule has 0 aliphatic heterocycles. The van der Waals surface area contributed by atoms with E-state index in [0.29, 0.717) is 16.8 Å². The molecule has 0 N–H and O–H groups in total. The van der Waals surface area contributed by atoms with E-state index in [1.54, 1.807) is 60.6 Å². The Morgan fingerprint density at radius 3 is 1.85 bits per heavy atom. The maximum Gasteiger partial charge on any atom is 0.0991 e. The molecule has 20 heavy (non-hydrogen) atoms. The molecule has 5 heteroatoms. The topological polar surface area (TPSA) is 75.5 Å². The van der Waals surface area contributed by atoms with Gasteiger partial charge in [-0.25, -0.2) is 5.01 Å². The minimum Gasteiger partial charge on any atom is -0.250 e. The minimum absolute atomic E-state index is 0.587. The second-order valence-corrected chi connectivity index (χ2v) is 4.03. The molecule has 0 atom stereocenters. The molecule has 5 nitrogen and oxygen atoms in total. The van der Waals surface area contributed by atoms with Crippen molar-refractivity contribution < 1.29 is 0 Å². The maximum atomic E-state index is 8.73. The zero-order valence-electron chi connectivity index (χ0n) is 10.9. The third kappa shape index (κ3) is 3.18. The molecule has 0 aliphatic carbocycles. The molecule has 0 unspecified atom stereocenters. The summed E-state index contributed by atoms with van der Waals surface area (Å²) >= 11 is 0. The summed E-state index contributed by atoms with van der Waals surface area (Å²) in [6, 6.07) is 18.0. The molecule has 0 aliphatic rings. The van der Waals surface area contributed by atoms with Crippen LogP contribution in [0.15, 0.2) is 58.9 Å². The van der Waals surface area contributed by atoms with Gasteiger partial charge in [-0.1, -0.05) is 5.22 Å². The lowest BCUT2D eigenvalue weighted by molar-refractivity contribution is 0.924. The standard InChI is InChI=1S/C15H11N5/c1-20(15-8-4-13(11-17)5-9-15)19-18-14-6-2-12(10-16)3-7-14/h2-9H,1H3. The number of anilines is 1. The van der Waals surface area contributed by atoms with Crippen LogP contribution < -0.4 is 5.01 Å². The van der Waals surface area contributed by atoms with E-state index in [1.165, 1.54) is 0 Å². The predicted molar refractivity (Wildman–Crippen MR) is 75.2 cm³/mol. The van der Waals surface area contributed by atoms with Crippen molar-refractivity contribution in [2.24, 2.45) is 10.3 Å². The Labute approximate surface area is 117 Å². The molecule has 96 valence electrons. The normalized spacial score (nSPS) is 9.95. The second kappa shape index (κ2) is 6.12. The van der Waals surface area contributed by atoms with Crippen molar-refractivity contribution >= 4 is 11.4 Å². The lowest BCUT2D eigenvalue weighted by atomic mass is 10.2. The SMILES string of the molecule is CN(N=Nc1ccc(C#N)cc1)c1ccc(C#N)cc1. The van der Waals surface area contributed by atoms with E-state index in [2.05, 4.69) is 16.4 Å². The largest absolute Gasteiger partial charge is 0.250 e. The fourth-order valence-corrected chi connectivity index (χ4v) is 1.52. The van der Waals surface area contributed by atoms with Gasteiger partial charge >= 0.3 is 0 Å². The Bertz CT molecular complexity index is 687. The molecule has 2 rings (SSSR count). The maximum absolute atomic E-state index is 8.73. The quantitative estimate of drug-likeness (QED) is 0.626. The number of nitrogens with zero attached hydrogens (tertiary/aromatic N) is 5. The van der Waals surface area contributed by atoms with Crippen LogP contribution in [-0.4, -0.2) is 7.05 Å². The first-order chi connectivity index (χ1) is 9.72. The molecule has 0 saturated carbocycles. The highest BCUT2D eigenvalue weighted by molar-refractivity contribution is 5.48. The van der Waals surface area contributed by atoms with Gasteiger partial charge in [0.25, 0.3) is 0 Å². The molecule has 0 aromatic heterocycles. The monoisotopic (exact) mass is 261 g/mol. The third-order valence-electron chi connectivity index (χ3n) is 2.66. The fourth-order valence-electron chi connectivity index (χ4n) is 1.52. The molecule has 0 fully saturated rings. The summed E-state index contributed by atoms with van der Waals surface area (Å²) in [7, 11) is 1.77. The van der Waals surface area contributed by atoms with Crippen LogP contribution in [0.1, 0.15) is 11.1 Å². The highest BCUT2D eigenvalue weighted by Gasteiger charge is 1.99. The Hall–Kier alpha value is -3.18. The fraction of sp³-hybridized carbons (Fsp3) is 0.0667. The van der Waals surface area contributed by atoms with E-state index >= 15 is 0 Å². The molecule has 0 heterocycles. The third-order valence-corrected chi connectivity index (χ3v) is 2.66. The molecule has 2 aromatic carbocycles. The van der Waals surface area contributed by atoms with Crippen LogP contribution in [0.5, 0.6) is 0 Å². The Morgan fingerprint density at radius 1 is 0.850 bits per heavy atom. The minimum atomic E-state index is 0.587. The van der Waals surface area contributed by atoms with Gasteiger partial charge in [-0.2, -0.15) is 10.5 Å². The van der Waals surface area contributed by atoms with Gasteiger partial charge in [0.15, 0.2) is 0 Å². The van der Waals surface area contributed by atoms with Crippen LogP contribution in [0.3, 0.4) is 0 Å². The number of nitriles is 2. The van der Waals surface area contributed by atoms with Gasteiger partial charge in [0.05, 0.1) is 34.6 Å². The summed E-state index contributed by atoms with van der Waals surface area (Å²) < 4.78 is 0. The van der Waals surface area contributed by atoms with Gasteiger partial charge in [-0.15, -0.1) is 5.11 Å². The van der Waals surface area contributed by atoms with Crippen molar-refractivity contribution in [3.63, 3.8) is 0 Å². The molecular formula is C15H11N5. The van der Waals surface area contributed by atoms with Gasteiger partial charge in [0.1, 0.15) is 0 Å². The van der Waals surface area contributed by atoms with Crippen LogP contribution in [0.25, 0.3) is 0 Å². The van der Waals surface area contributed by atoms with E-state index in [4.69, 9.17) is 10.5 Å². The molecule has 0 radical (unpaired) electrons. The summed E-state index contributed by atoms with van der Waals surface area (Å²) in [5.41, 5.74) is 2.70. The summed E-state index contributed by atoms with van der Waals surface area (Å²) in [5, 5.41) is 27.2. The summed E-state index contributed by atoms with van der Waals surface area (Å²) in [4.78, 5) is 0. The zero-order chi connectivity index (χ0) is 14.4. The Morgan fingerprint density at radius 2 is 1.35 bits per heavy atom. The van der Waals surface area contributed by atoms with Crippen molar-refractivity contribution in [2.45, 2.75) is 0 Å². The van der Waals surface area contributed by atoms with Gasteiger partial charge in [-0.05, 0) is 48.5 Å². The van der Waals surface area contributed by atoms with Gasteiger partial charge in [0, 0.05) is 7.05 Å². The highest BCUT2D eigenvalue weighted by Crippen LogP contribution is 2.17. The van der Waals surface area contributed by atoms with Crippen LogP contribution in [0.4, 0.5) is 11.4 Å². The van der Waals surface area contributed by atoms with E-state index in [-0.39, 0.29) is 0 Å². The Balaban J connectivity index is 2.09. The molecule has 0 saturated heterocycles.